The fourth-order valence-corrected chi connectivity index (χ4v) is 3.72. The molecular weight excluding hydrogens is 424 g/mol. The van der Waals surface area contributed by atoms with Crippen molar-refractivity contribution in [3.8, 4) is 0 Å². The molecule has 0 aliphatic heterocycles. The first-order valence-electron chi connectivity index (χ1n) is 13.1. The Balaban J connectivity index is 4.29. The summed E-state index contributed by atoms with van der Waals surface area (Å²) in [4.78, 5) is 0. The molecule has 34 heavy (non-hydrogen) atoms. The van der Waals surface area contributed by atoms with Crippen molar-refractivity contribution < 1.29 is 20.4 Å². The second-order valence-electron chi connectivity index (χ2n) is 11.2. The third-order valence-electron chi connectivity index (χ3n) is 6.54. The van der Waals surface area contributed by atoms with E-state index in [1.165, 1.54) is 22.3 Å². The Morgan fingerprint density at radius 3 is 1.53 bits per heavy atom. The molecule has 0 rings (SSSR count). The summed E-state index contributed by atoms with van der Waals surface area (Å²) in [5.41, 5.74) is 3.00. The lowest BCUT2D eigenvalue weighted by Gasteiger charge is -2.32. The largest absolute Gasteiger partial charge is 0.390 e. The van der Waals surface area contributed by atoms with E-state index in [0.717, 1.165) is 44.9 Å². The lowest BCUT2D eigenvalue weighted by Crippen LogP contribution is -2.42. The molecule has 4 N–H and O–H groups in total. The average Bonchev–Trinajstić information content (AvgIpc) is 2.72. The Morgan fingerprint density at radius 1 is 0.618 bits per heavy atom. The van der Waals surface area contributed by atoms with Crippen LogP contribution in [-0.4, -0.2) is 43.8 Å². The molecule has 0 bridgehead atoms. The minimum absolute atomic E-state index is 0.232. The number of hydrogen-bond donors (Lipinski definition) is 4. The van der Waals surface area contributed by atoms with Crippen LogP contribution in [0.4, 0.5) is 0 Å². The second-order valence-corrected chi connectivity index (χ2v) is 11.2. The van der Waals surface area contributed by atoms with Gasteiger partial charge in [0.05, 0.1) is 23.4 Å². The zero-order chi connectivity index (χ0) is 26.4. The molecule has 0 fully saturated rings. The van der Waals surface area contributed by atoms with E-state index < -0.39 is 23.4 Å². The first-order chi connectivity index (χ1) is 15.6. The van der Waals surface area contributed by atoms with Crippen LogP contribution in [0.1, 0.15) is 120 Å². The SMILES string of the molecule is CC(C)=CCCC(C)=CCCC(C)=CCCC=C(C)CC[C@H](O)[C@@](C)(O)CC[C@H](O)C(C)(C)O. The van der Waals surface area contributed by atoms with Crippen molar-refractivity contribution in [2.75, 3.05) is 0 Å². The van der Waals surface area contributed by atoms with Gasteiger partial charge in [0.25, 0.3) is 0 Å². The molecule has 0 amide bonds. The third-order valence-corrected chi connectivity index (χ3v) is 6.54. The van der Waals surface area contributed by atoms with Gasteiger partial charge in [-0.3, -0.25) is 0 Å². The van der Waals surface area contributed by atoms with Crippen LogP contribution in [0.3, 0.4) is 0 Å². The molecule has 0 aromatic rings. The van der Waals surface area contributed by atoms with Crippen LogP contribution in [0.5, 0.6) is 0 Å². The van der Waals surface area contributed by atoms with Crippen molar-refractivity contribution in [3.05, 3.63) is 46.6 Å². The van der Waals surface area contributed by atoms with Gasteiger partial charge in [0.2, 0.25) is 0 Å². The second kappa shape index (κ2) is 16.5. The van der Waals surface area contributed by atoms with Crippen molar-refractivity contribution >= 4 is 0 Å². The standard InChI is InChI=1S/C30H54O4/c1-23(2)13-11-16-25(4)18-12-17-24(3)14-9-10-15-26(5)19-20-28(32)30(8,34)22-21-27(31)29(6,7)33/h13-15,18,27-28,31-34H,9-12,16-17,19-22H2,1-8H3/t27-,28-,30-/m0/s1. The summed E-state index contributed by atoms with van der Waals surface area (Å²) in [6, 6.07) is 0. The van der Waals surface area contributed by atoms with Gasteiger partial charge >= 0.3 is 0 Å². The van der Waals surface area contributed by atoms with E-state index in [2.05, 4.69) is 58.9 Å². The smallest absolute Gasteiger partial charge is 0.0878 e. The van der Waals surface area contributed by atoms with Crippen LogP contribution in [0, 0.1) is 0 Å². The highest BCUT2D eigenvalue weighted by Gasteiger charge is 2.33. The first kappa shape index (κ1) is 32.8. The van der Waals surface area contributed by atoms with Gasteiger partial charge in [-0.05, 0) is 120 Å². The van der Waals surface area contributed by atoms with Crippen molar-refractivity contribution in [2.45, 2.75) is 143 Å². The number of hydrogen-bond acceptors (Lipinski definition) is 4. The molecule has 0 unspecified atom stereocenters. The fourth-order valence-electron chi connectivity index (χ4n) is 3.72. The predicted molar refractivity (Wildman–Crippen MR) is 146 cm³/mol. The molecule has 0 saturated carbocycles. The molecule has 0 heterocycles. The van der Waals surface area contributed by atoms with Crippen LogP contribution in [0.25, 0.3) is 0 Å². The third kappa shape index (κ3) is 16.4. The average molecular weight is 479 g/mol. The summed E-state index contributed by atoms with van der Waals surface area (Å²) in [6.07, 6.45) is 15.5. The Hall–Kier alpha value is -1.20. The maximum absolute atomic E-state index is 10.6. The highest BCUT2D eigenvalue weighted by molar-refractivity contribution is 5.06. The van der Waals surface area contributed by atoms with Crippen molar-refractivity contribution in [1.82, 2.24) is 0 Å². The number of rotatable bonds is 17. The van der Waals surface area contributed by atoms with Crippen LogP contribution in [0.15, 0.2) is 46.6 Å². The molecule has 0 saturated heterocycles. The highest BCUT2D eigenvalue weighted by atomic mass is 16.3. The van der Waals surface area contributed by atoms with E-state index in [9.17, 15) is 20.4 Å². The van der Waals surface area contributed by atoms with Gasteiger partial charge in [-0.2, -0.15) is 0 Å². The number of unbranched alkanes of at least 4 members (excludes halogenated alkanes) is 1. The normalized spacial score (nSPS) is 17.4. The van der Waals surface area contributed by atoms with E-state index in [1.54, 1.807) is 20.8 Å². The van der Waals surface area contributed by atoms with Crippen LogP contribution >= 0.6 is 0 Å². The highest BCUT2D eigenvalue weighted by Crippen LogP contribution is 2.25. The van der Waals surface area contributed by atoms with Crippen molar-refractivity contribution in [3.63, 3.8) is 0 Å². The molecule has 0 aromatic heterocycles. The van der Waals surface area contributed by atoms with E-state index in [-0.39, 0.29) is 12.8 Å². The maximum Gasteiger partial charge on any atom is 0.0878 e. The summed E-state index contributed by atoms with van der Waals surface area (Å²) in [6.45, 7) is 15.5. The number of aliphatic hydroxyl groups excluding tert-OH is 2. The van der Waals surface area contributed by atoms with E-state index in [1.807, 2.05) is 0 Å². The van der Waals surface area contributed by atoms with Crippen LogP contribution in [-0.2, 0) is 0 Å². The van der Waals surface area contributed by atoms with Gasteiger partial charge in [0, 0.05) is 0 Å². The Labute approximate surface area is 210 Å². The molecule has 0 radical (unpaired) electrons. The van der Waals surface area contributed by atoms with Gasteiger partial charge in [0.1, 0.15) is 0 Å². The summed E-state index contributed by atoms with van der Waals surface area (Å²) in [7, 11) is 0. The minimum atomic E-state index is -1.29. The molecular formula is C30H54O4. The summed E-state index contributed by atoms with van der Waals surface area (Å²) >= 11 is 0. The topological polar surface area (TPSA) is 80.9 Å². The molecule has 4 heteroatoms. The van der Waals surface area contributed by atoms with Crippen LogP contribution in [0.2, 0.25) is 0 Å². The lowest BCUT2D eigenvalue weighted by atomic mass is 9.86. The summed E-state index contributed by atoms with van der Waals surface area (Å²) in [5.74, 6) is 0. The zero-order valence-corrected chi connectivity index (χ0v) is 23.3. The first-order valence-corrected chi connectivity index (χ1v) is 13.1. The Morgan fingerprint density at radius 2 is 1.06 bits per heavy atom. The van der Waals surface area contributed by atoms with E-state index in [0.29, 0.717) is 6.42 Å². The summed E-state index contributed by atoms with van der Waals surface area (Å²) < 4.78 is 0. The molecule has 3 atom stereocenters. The van der Waals surface area contributed by atoms with E-state index >= 15 is 0 Å². The summed E-state index contributed by atoms with van der Waals surface area (Å²) in [5, 5.41) is 40.8. The Kier molecular flexibility index (Phi) is 15.9. The maximum atomic E-state index is 10.6. The quantitative estimate of drug-likeness (QED) is 0.135. The fraction of sp³-hybridized carbons (Fsp3) is 0.733. The van der Waals surface area contributed by atoms with Gasteiger partial charge in [-0.1, -0.05) is 46.6 Å². The van der Waals surface area contributed by atoms with Crippen molar-refractivity contribution in [2.24, 2.45) is 0 Å². The minimum Gasteiger partial charge on any atom is -0.390 e. The van der Waals surface area contributed by atoms with Gasteiger partial charge in [-0.15, -0.1) is 0 Å². The monoisotopic (exact) mass is 478 g/mol. The van der Waals surface area contributed by atoms with Gasteiger partial charge < -0.3 is 20.4 Å². The number of allylic oxidation sites excluding steroid dienone is 8. The predicted octanol–water partition coefficient (Wildman–Crippen LogP) is 6.94. The molecule has 0 aromatic carbocycles. The Bertz CT molecular complexity index is 685. The zero-order valence-electron chi connectivity index (χ0n) is 23.3. The van der Waals surface area contributed by atoms with Crippen LogP contribution < -0.4 is 0 Å². The van der Waals surface area contributed by atoms with Gasteiger partial charge in [0.15, 0.2) is 0 Å². The molecule has 0 aliphatic rings. The lowest BCUT2D eigenvalue weighted by molar-refractivity contribution is -0.0946. The van der Waals surface area contributed by atoms with E-state index in [4.69, 9.17) is 0 Å². The molecule has 0 spiro atoms. The molecule has 198 valence electrons. The molecule has 0 aliphatic carbocycles. The van der Waals surface area contributed by atoms with Crippen molar-refractivity contribution in [1.29, 1.82) is 0 Å². The van der Waals surface area contributed by atoms with Gasteiger partial charge in [-0.25, -0.2) is 0 Å². The number of aliphatic hydroxyl groups is 4. The molecule has 4 nitrogen and oxygen atoms in total.